The second kappa shape index (κ2) is 12.2. The Bertz CT molecular complexity index is 509. The van der Waals surface area contributed by atoms with Crippen LogP contribution in [0.5, 0.6) is 0 Å². The van der Waals surface area contributed by atoms with Crippen LogP contribution in [-0.4, -0.2) is 53.7 Å². The van der Waals surface area contributed by atoms with Crippen LogP contribution in [0, 0.1) is 11.8 Å². The third-order valence-corrected chi connectivity index (χ3v) is 3.98. The van der Waals surface area contributed by atoms with Gasteiger partial charge in [-0.2, -0.15) is 0 Å². The van der Waals surface area contributed by atoms with Crippen molar-refractivity contribution in [3.8, 4) is 11.8 Å². The maximum Gasteiger partial charge on any atom is 0.407 e. The number of hydrogen-bond donors (Lipinski definition) is 2. The van der Waals surface area contributed by atoms with Crippen LogP contribution >= 0.6 is 0 Å². The summed E-state index contributed by atoms with van der Waals surface area (Å²) >= 11 is 0. The lowest BCUT2D eigenvalue weighted by Gasteiger charge is -2.22. The Morgan fingerprint density at radius 3 is 2.84 bits per heavy atom. The van der Waals surface area contributed by atoms with Crippen molar-refractivity contribution in [2.24, 2.45) is 0 Å². The first-order chi connectivity index (χ1) is 12.0. The maximum atomic E-state index is 11.9. The molecule has 0 unspecified atom stereocenters. The average molecular weight is 352 g/mol. The van der Waals surface area contributed by atoms with E-state index in [1.54, 1.807) is 4.90 Å². The number of nitrogens with one attached hydrogen (secondary N) is 1. The Kier molecular flexibility index (Phi) is 10.1. The summed E-state index contributed by atoms with van der Waals surface area (Å²) < 4.78 is 5.20. The van der Waals surface area contributed by atoms with Crippen LogP contribution in [0.2, 0.25) is 0 Å². The van der Waals surface area contributed by atoms with Gasteiger partial charge >= 0.3 is 12.1 Å². The maximum absolute atomic E-state index is 11.9. The number of carboxylic acids is 1. The van der Waals surface area contributed by atoms with Gasteiger partial charge in [-0.15, -0.1) is 5.92 Å². The van der Waals surface area contributed by atoms with Gasteiger partial charge in [0, 0.05) is 25.8 Å². The van der Waals surface area contributed by atoms with Crippen LogP contribution in [0.3, 0.4) is 0 Å². The van der Waals surface area contributed by atoms with E-state index in [1.807, 2.05) is 0 Å². The third kappa shape index (κ3) is 8.99. The van der Waals surface area contributed by atoms with Crippen LogP contribution in [0.15, 0.2) is 0 Å². The molecule has 1 aliphatic heterocycles. The molecule has 1 saturated heterocycles. The molecule has 25 heavy (non-hydrogen) atoms. The molecule has 1 heterocycles. The van der Waals surface area contributed by atoms with Crippen LogP contribution in [0.25, 0.3) is 0 Å². The highest BCUT2D eigenvalue weighted by atomic mass is 16.5. The lowest BCUT2D eigenvalue weighted by atomic mass is 10.2. The molecule has 1 fully saturated rings. The Morgan fingerprint density at radius 1 is 1.32 bits per heavy atom. The highest BCUT2D eigenvalue weighted by molar-refractivity contribution is 5.79. The molecule has 140 valence electrons. The number of carbonyl (C=O) groups is 3. The Morgan fingerprint density at radius 2 is 2.12 bits per heavy atom. The molecule has 7 nitrogen and oxygen atoms in total. The molecule has 0 aromatic carbocycles. The fraction of sp³-hybridized carbons (Fsp3) is 0.722. The number of likely N-dealkylation sites (tertiary alicyclic amines) is 1. The van der Waals surface area contributed by atoms with Gasteiger partial charge in [0.15, 0.2) is 0 Å². The molecule has 0 radical (unpaired) electrons. The van der Waals surface area contributed by atoms with E-state index in [4.69, 9.17) is 9.84 Å². The molecule has 0 spiro atoms. The standard InChI is InChI=1S/C18H28N2O5/c1-2-3-7-12-19-18(24)25-14-15-10-11-16(21)20(15)13-8-5-4-6-9-17(22)23/h15H,2-4,6-7,9-14H2,1H3,(H,19,24)(H,22,23)/t15-/m1/s1. The summed E-state index contributed by atoms with van der Waals surface area (Å²) in [5.41, 5.74) is 0. The Balaban J connectivity index is 2.28. The zero-order valence-corrected chi connectivity index (χ0v) is 14.9. The quantitative estimate of drug-likeness (QED) is 0.464. The topological polar surface area (TPSA) is 95.9 Å². The van der Waals surface area contributed by atoms with E-state index in [9.17, 15) is 14.4 Å². The Labute approximate surface area is 149 Å². The number of alkyl carbamates (subject to hydrolysis) is 1. The van der Waals surface area contributed by atoms with Gasteiger partial charge < -0.3 is 20.1 Å². The molecule has 0 aromatic heterocycles. The van der Waals surface area contributed by atoms with E-state index >= 15 is 0 Å². The number of hydrogen-bond acceptors (Lipinski definition) is 4. The van der Waals surface area contributed by atoms with E-state index in [-0.39, 0.29) is 31.5 Å². The molecule has 1 rings (SSSR count). The van der Waals surface area contributed by atoms with E-state index in [1.165, 1.54) is 0 Å². The van der Waals surface area contributed by atoms with Gasteiger partial charge in [-0.3, -0.25) is 9.59 Å². The van der Waals surface area contributed by atoms with E-state index in [0.717, 1.165) is 19.3 Å². The third-order valence-electron chi connectivity index (χ3n) is 3.98. The number of nitrogens with zero attached hydrogens (tertiary/aromatic N) is 1. The molecule has 2 N–H and O–H groups in total. The molecule has 1 atom stereocenters. The van der Waals surface area contributed by atoms with Gasteiger partial charge in [0.1, 0.15) is 6.61 Å². The van der Waals surface area contributed by atoms with Crippen molar-refractivity contribution < 1.29 is 24.2 Å². The van der Waals surface area contributed by atoms with Gasteiger partial charge in [0.25, 0.3) is 0 Å². The van der Waals surface area contributed by atoms with Crippen molar-refractivity contribution in [2.75, 3.05) is 19.7 Å². The van der Waals surface area contributed by atoms with E-state index in [2.05, 4.69) is 24.1 Å². The molecule has 0 aliphatic carbocycles. The zero-order valence-electron chi connectivity index (χ0n) is 14.9. The molecule has 1 aliphatic rings. The largest absolute Gasteiger partial charge is 0.481 e. The summed E-state index contributed by atoms with van der Waals surface area (Å²) in [6.45, 7) is 3.16. The first-order valence-corrected chi connectivity index (χ1v) is 8.92. The zero-order chi connectivity index (χ0) is 18.5. The summed E-state index contributed by atoms with van der Waals surface area (Å²) in [5.74, 6) is 4.97. The molecular formula is C18H28N2O5. The number of unbranched alkanes of at least 4 members (excludes halogenated alkanes) is 3. The second-order valence-electron chi connectivity index (χ2n) is 6.05. The highest BCUT2D eigenvalue weighted by Crippen LogP contribution is 2.18. The average Bonchev–Trinajstić information content (AvgIpc) is 2.93. The lowest BCUT2D eigenvalue weighted by molar-refractivity contribution is -0.137. The number of carboxylic acid groups (broad SMARTS) is 1. The van der Waals surface area contributed by atoms with Crippen LogP contribution in [-0.2, 0) is 14.3 Å². The first kappa shape index (κ1) is 20.8. The summed E-state index contributed by atoms with van der Waals surface area (Å²) in [6.07, 6.45) is 4.82. The summed E-state index contributed by atoms with van der Waals surface area (Å²) in [7, 11) is 0. The van der Waals surface area contributed by atoms with E-state index in [0.29, 0.717) is 32.2 Å². The summed E-state index contributed by atoms with van der Waals surface area (Å²) in [6, 6.07) is -0.137. The fourth-order valence-corrected chi connectivity index (χ4v) is 2.53. The molecule has 0 saturated carbocycles. The minimum atomic E-state index is -0.832. The summed E-state index contributed by atoms with van der Waals surface area (Å²) in [5, 5.41) is 11.3. The number of rotatable bonds is 10. The fourth-order valence-electron chi connectivity index (χ4n) is 2.53. The minimum absolute atomic E-state index is 0.0109. The van der Waals surface area contributed by atoms with E-state index < -0.39 is 12.1 Å². The van der Waals surface area contributed by atoms with Crippen molar-refractivity contribution in [3.05, 3.63) is 0 Å². The molecular weight excluding hydrogens is 324 g/mol. The Hall–Kier alpha value is -2.23. The highest BCUT2D eigenvalue weighted by Gasteiger charge is 2.31. The van der Waals surface area contributed by atoms with Gasteiger partial charge in [-0.25, -0.2) is 4.79 Å². The van der Waals surface area contributed by atoms with Gasteiger partial charge in [0.05, 0.1) is 12.6 Å². The first-order valence-electron chi connectivity index (χ1n) is 8.92. The minimum Gasteiger partial charge on any atom is -0.481 e. The SMILES string of the molecule is CCCCCNC(=O)OC[C@H]1CCC(=O)N1CC#CCCCC(=O)O. The number of aliphatic carboxylic acids is 1. The summed E-state index contributed by atoms with van der Waals surface area (Å²) in [4.78, 5) is 35.6. The van der Waals surface area contributed by atoms with Crippen molar-refractivity contribution >= 4 is 18.0 Å². The molecule has 7 heteroatoms. The van der Waals surface area contributed by atoms with Crippen LogP contribution < -0.4 is 5.32 Å². The van der Waals surface area contributed by atoms with Gasteiger partial charge in [0.2, 0.25) is 5.91 Å². The smallest absolute Gasteiger partial charge is 0.407 e. The molecule has 0 bridgehead atoms. The predicted molar refractivity (Wildman–Crippen MR) is 92.9 cm³/mol. The number of ether oxygens (including phenoxy) is 1. The molecule has 0 aromatic rings. The normalized spacial score (nSPS) is 16.3. The van der Waals surface area contributed by atoms with Crippen molar-refractivity contribution in [3.63, 3.8) is 0 Å². The number of amides is 2. The van der Waals surface area contributed by atoms with Crippen molar-refractivity contribution in [2.45, 2.75) is 64.3 Å². The second-order valence-corrected chi connectivity index (χ2v) is 6.05. The molecule has 2 amide bonds. The number of carbonyl (C=O) groups excluding carboxylic acids is 2. The van der Waals surface area contributed by atoms with Gasteiger partial charge in [-0.05, 0) is 19.3 Å². The predicted octanol–water partition coefficient (Wildman–Crippen LogP) is 2.15. The van der Waals surface area contributed by atoms with Crippen LogP contribution in [0.4, 0.5) is 4.79 Å². The van der Waals surface area contributed by atoms with Crippen molar-refractivity contribution in [1.29, 1.82) is 0 Å². The lowest BCUT2D eigenvalue weighted by Crippen LogP contribution is -2.38. The van der Waals surface area contributed by atoms with Crippen LogP contribution in [0.1, 0.15) is 58.3 Å². The van der Waals surface area contributed by atoms with Crippen molar-refractivity contribution in [1.82, 2.24) is 10.2 Å². The monoisotopic (exact) mass is 352 g/mol. The van der Waals surface area contributed by atoms with Gasteiger partial charge in [-0.1, -0.05) is 25.7 Å².